The maximum absolute atomic E-state index is 12.5. The Kier molecular flexibility index (Phi) is 4.48. The Labute approximate surface area is 151 Å². The molecule has 1 N–H and O–H groups in total. The van der Waals surface area contributed by atoms with Gasteiger partial charge >= 0.3 is 0 Å². The van der Waals surface area contributed by atoms with Gasteiger partial charge in [-0.3, -0.25) is 4.79 Å². The lowest BCUT2D eigenvalue weighted by atomic mass is 10.0. The van der Waals surface area contributed by atoms with Gasteiger partial charge in [0, 0.05) is 11.1 Å². The summed E-state index contributed by atoms with van der Waals surface area (Å²) in [7, 11) is 0. The summed E-state index contributed by atoms with van der Waals surface area (Å²) in [6, 6.07) is 25.6. The molecule has 0 aliphatic heterocycles. The highest BCUT2D eigenvalue weighted by atomic mass is 16.5. The number of benzene rings is 3. The molecule has 26 heavy (non-hydrogen) atoms. The van der Waals surface area contributed by atoms with E-state index in [-0.39, 0.29) is 12.3 Å². The normalized spacial score (nSPS) is 10.8. The highest BCUT2D eigenvalue weighted by Gasteiger charge is 2.13. The van der Waals surface area contributed by atoms with E-state index >= 15 is 0 Å². The molecule has 4 rings (SSSR count). The van der Waals surface area contributed by atoms with Crippen molar-refractivity contribution in [2.75, 3.05) is 5.32 Å². The number of nitrogens with one attached hydrogen (secondary N) is 1. The van der Waals surface area contributed by atoms with Crippen molar-refractivity contribution in [3.63, 3.8) is 0 Å². The fraction of sp³-hybridized carbons (Fsp3) is 0.0909. The minimum absolute atomic E-state index is 0.107. The number of carbonyl (C=O) groups is 1. The van der Waals surface area contributed by atoms with Gasteiger partial charge in [0.05, 0.1) is 6.42 Å². The van der Waals surface area contributed by atoms with Crippen molar-refractivity contribution in [1.82, 2.24) is 5.16 Å². The van der Waals surface area contributed by atoms with E-state index in [0.29, 0.717) is 11.3 Å². The first kappa shape index (κ1) is 16.1. The fourth-order valence-corrected chi connectivity index (χ4v) is 3.02. The molecule has 0 atom stereocenters. The van der Waals surface area contributed by atoms with Crippen LogP contribution in [0.4, 0.5) is 5.69 Å². The maximum Gasteiger partial charge on any atom is 0.230 e. The van der Waals surface area contributed by atoms with Crippen molar-refractivity contribution in [2.45, 2.75) is 12.8 Å². The zero-order valence-corrected chi connectivity index (χ0v) is 14.2. The molecule has 0 aliphatic rings. The molecule has 1 amide bonds. The number of nitrogens with zero attached hydrogens (tertiary/aromatic N) is 1. The van der Waals surface area contributed by atoms with Gasteiger partial charge in [-0.25, -0.2) is 0 Å². The van der Waals surface area contributed by atoms with Gasteiger partial charge in [-0.2, -0.15) is 0 Å². The molecule has 0 fully saturated rings. The second-order valence-corrected chi connectivity index (χ2v) is 6.17. The van der Waals surface area contributed by atoms with Crippen LogP contribution >= 0.6 is 0 Å². The van der Waals surface area contributed by atoms with Gasteiger partial charge in [-0.15, -0.1) is 0 Å². The maximum atomic E-state index is 12.5. The van der Waals surface area contributed by atoms with E-state index < -0.39 is 0 Å². The molecule has 0 radical (unpaired) electrons. The van der Waals surface area contributed by atoms with Gasteiger partial charge < -0.3 is 9.84 Å². The Morgan fingerprint density at radius 2 is 1.62 bits per heavy atom. The SMILES string of the molecule is O=C(Cc1noc2ccccc12)Nc1ccccc1Cc1ccccc1. The van der Waals surface area contributed by atoms with Crippen LogP contribution in [0, 0.1) is 0 Å². The number of para-hydroxylation sites is 2. The first-order valence-corrected chi connectivity index (χ1v) is 8.54. The predicted molar refractivity (Wildman–Crippen MR) is 102 cm³/mol. The van der Waals surface area contributed by atoms with Crippen LogP contribution in [-0.4, -0.2) is 11.1 Å². The summed E-state index contributed by atoms with van der Waals surface area (Å²) in [6.07, 6.45) is 0.945. The molecule has 4 heteroatoms. The highest BCUT2D eigenvalue weighted by Crippen LogP contribution is 2.21. The Bertz CT molecular complexity index is 1040. The van der Waals surface area contributed by atoms with Crippen LogP contribution in [0.25, 0.3) is 11.0 Å². The van der Waals surface area contributed by atoms with E-state index in [9.17, 15) is 4.79 Å². The molecule has 1 heterocycles. The van der Waals surface area contributed by atoms with E-state index in [4.69, 9.17) is 4.52 Å². The molecule has 0 bridgehead atoms. The van der Waals surface area contributed by atoms with Crippen molar-refractivity contribution in [1.29, 1.82) is 0 Å². The number of fused-ring (bicyclic) bond motifs is 1. The van der Waals surface area contributed by atoms with Crippen molar-refractivity contribution in [3.05, 3.63) is 95.7 Å². The smallest absolute Gasteiger partial charge is 0.230 e. The van der Waals surface area contributed by atoms with Crippen LogP contribution in [0.2, 0.25) is 0 Å². The summed E-state index contributed by atoms with van der Waals surface area (Å²) in [5.41, 5.74) is 4.46. The second kappa shape index (κ2) is 7.23. The fourth-order valence-electron chi connectivity index (χ4n) is 3.02. The topological polar surface area (TPSA) is 55.1 Å². The average Bonchev–Trinajstić information content (AvgIpc) is 3.07. The van der Waals surface area contributed by atoms with Gasteiger partial charge in [-0.05, 0) is 35.7 Å². The van der Waals surface area contributed by atoms with E-state index in [1.807, 2.05) is 66.7 Å². The molecule has 0 saturated heterocycles. The number of amides is 1. The molecule has 3 aromatic carbocycles. The number of anilines is 1. The van der Waals surface area contributed by atoms with Gasteiger partial charge in [0.1, 0.15) is 5.69 Å². The summed E-state index contributed by atoms with van der Waals surface area (Å²) in [5.74, 6) is -0.107. The first-order chi connectivity index (χ1) is 12.8. The number of rotatable bonds is 5. The van der Waals surface area contributed by atoms with Crippen LogP contribution in [0.5, 0.6) is 0 Å². The van der Waals surface area contributed by atoms with Crippen molar-refractivity contribution < 1.29 is 9.32 Å². The van der Waals surface area contributed by atoms with Crippen LogP contribution in [-0.2, 0) is 17.6 Å². The van der Waals surface area contributed by atoms with Crippen molar-refractivity contribution in [3.8, 4) is 0 Å². The minimum atomic E-state index is -0.107. The van der Waals surface area contributed by atoms with Crippen molar-refractivity contribution in [2.24, 2.45) is 0 Å². The van der Waals surface area contributed by atoms with Crippen LogP contribution in [0.15, 0.2) is 83.4 Å². The van der Waals surface area contributed by atoms with Gasteiger partial charge in [0.15, 0.2) is 5.58 Å². The van der Waals surface area contributed by atoms with E-state index in [1.54, 1.807) is 0 Å². The summed E-state index contributed by atoms with van der Waals surface area (Å²) in [5, 5.41) is 7.92. The van der Waals surface area contributed by atoms with Crippen molar-refractivity contribution >= 4 is 22.6 Å². The lowest BCUT2D eigenvalue weighted by Gasteiger charge is -2.11. The summed E-state index contributed by atoms with van der Waals surface area (Å²) >= 11 is 0. The molecular formula is C22H18N2O2. The number of hydrogen-bond donors (Lipinski definition) is 1. The van der Waals surface area contributed by atoms with Crippen LogP contribution in [0.3, 0.4) is 0 Å². The lowest BCUT2D eigenvalue weighted by molar-refractivity contribution is -0.115. The predicted octanol–water partition coefficient (Wildman–Crippen LogP) is 4.60. The van der Waals surface area contributed by atoms with Crippen LogP contribution < -0.4 is 5.32 Å². The summed E-state index contributed by atoms with van der Waals surface area (Å²) < 4.78 is 5.27. The molecule has 0 aliphatic carbocycles. The summed E-state index contributed by atoms with van der Waals surface area (Å²) in [6.45, 7) is 0. The standard InChI is InChI=1S/C22H18N2O2/c25-22(15-20-18-11-5-7-13-21(18)26-24-20)23-19-12-6-4-10-17(19)14-16-8-2-1-3-9-16/h1-13H,14-15H2,(H,23,25). The largest absolute Gasteiger partial charge is 0.356 e. The Balaban J connectivity index is 1.51. The average molecular weight is 342 g/mol. The second-order valence-electron chi connectivity index (χ2n) is 6.17. The zero-order chi connectivity index (χ0) is 17.8. The third-order valence-electron chi connectivity index (χ3n) is 4.31. The molecule has 0 saturated carbocycles. The number of hydrogen-bond acceptors (Lipinski definition) is 3. The van der Waals surface area contributed by atoms with Crippen LogP contribution in [0.1, 0.15) is 16.8 Å². The lowest BCUT2D eigenvalue weighted by Crippen LogP contribution is -2.16. The molecule has 4 aromatic rings. The number of carbonyl (C=O) groups excluding carboxylic acids is 1. The quantitative estimate of drug-likeness (QED) is 0.577. The molecular weight excluding hydrogens is 324 g/mol. The third kappa shape index (κ3) is 3.49. The van der Waals surface area contributed by atoms with E-state index in [2.05, 4.69) is 22.6 Å². The first-order valence-electron chi connectivity index (χ1n) is 8.54. The highest BCUT2D eigenvalue weighted by molar-refractivity contribution is 5.95. The Hall–Kier alpha value is -3.40. The Morgan fingerprint density at radius 1 is 0.885 bits per heavy atom. The molecule has 1 aromatic heterocycles. The van der Waals surface area contributed by atoms with E-state index in [0.717, 1.165) is 23.1 Å². The van der Waals surface area contributed by atoms with Gasteiger partial charge in [0.25, 0.3) is 0 Å². The van der Waals surface area contributed by atoms with Gasteiger partial charge in [0.2, 0.25) is 5.91 Å². The zero-order valence-electron chi connectivity index (χ0n) is 14.2. The molecule has 0 spiro atoms. The van der Waals surface area contributed by atoms with Gasteiger partial charge in [-0.1, -0.05) is 65.8 Å². The molecule has 4 nitrogen and oxygen atoms in total. The summed E-state index contributed by atoms with van der Waals surface area (Å²) in [4.78, 5) is 12.5. The molecule has 0 unspecified atom stereocenters. The minimum Gasteiger partial charge on any atom is -0.356 e. The molecule has 128 valence electrons. The third-order valence-corrected chi connectivity index (χ3v) is 4.31. The Morgan fingerprint density at radius 3 is 2.50 bits per heavy atom. The van der Waals surface area contributed by atoms with E-state index in [1.165, 1.54) is 5.56 Å². The monoisotopic (exact) mass is 342 g/mol. The number of aromatic nitrogens is 1.